The van der Waals surface area contributed by atoms with Crippen molar-refractivity contribution in [3.8, 4) is 0 Å². The van der Waals surface area contributed by atoms with Gasteiger partial charge in [0.15, 0.2) is 0 Å². The second-order valence-electron chi connectivity index (χ2n) is 2.52. The smallest absolute Gasteiger partial charge is 0.0253 e. The van der Waals surface area contributed by atoms with Crippen molar-refractivity contribution in [3.05, 3.63) is 0 Å². The van der Waals surface area contributed by atoms with Crippen LogP contribution in [0.1, 0.15) is 12.8 Å². The molecule has 3 heteroatoms. The largest absolute Gasteiger partial charge is 0.317 e. The minimum atomic E-state index is 0.619. The first-order valence-corrected chi connectivity index (χ1v) is 3.44. The Kier molecular flexibility index (Phi) is 2.45. The van der Waals surface area contributed by atoms with Gasteiger partial charge in [0.2, 0.25) is 0 Å². The number of nitrogens with zero attached hydrogens (tertiary/aromatic N) is 1. The molecule has 0 aliphatic carbocycles. The molecule has 2 N–H and O–H groups in total. The second-order valence-corrected chi connectivity index (χ2v) is 2.52. The summed E-state index contributed by atoms with van der Waals surface area (Å²) in [6, 6.07) is 0.619. The lowest BCUT2D eigenvalue weighted by Gasteiger charge is -2.26. The topological polar surface area (TPSA) is 35.5 Å². The van der Waals surface area contributed by atoms with E-state index in [4.69, 9.17) is 5.21 Å². The monoisotopic (exact) mass is 130 g/mol. The summed E-state index contributed by atoms with van der Waals surface area (Å²) in [4.78, 5) is 0. The molecule has 1 aliphatic heterocycles. The highest BCUT2D eigenvalue weighted by molar-refractivity contribution is 4.71. The predicted molar refractivity (Wildman–Crippen MR) is 35.4 cm³/mol. The third-order valence-corrected chi connectivity index (χ3v) is 1.88. The Morgan fingerprint density at radius 2 is 2.00 bits per heavy atom. The average Bonchev–Trinajstić information content (AvgIpc) is 1.90. The minimum Gasteiger partial charge on any atom is -0.317 e. The number of nitrogens with one attached hydrogen (secondary N) is 1. The second kappa shape index (κ2) is 3.15. The first-order valence-electron chi connectivity index (χ1n) is 3.44. The Morgan fingerprint density at radius 1 is 1.44 bits per heavy atom. The molecule has 0 spiro atoms. The Bertz CT molecular complexity index is 79.1. The van der Waals surface area contributed by atoms with Crippen LogP contribution in [0.5, 0.6) is 0 Å². The van der Waals surface area contributed by atoms with Crippen molar-refractivity contribution in [2.45, 2.75) is 18.9 Å². The maximum absolute atomic E-state index is 8.93. The van der Waals surface area contributed by atoms with Gasteiger partial charge >= 0.3 is 0 Å². The molecule has 0 aromatic rings. The summed E-state index contributed by atoms with van der Waals surface area (Å²) in [6.07, 6.45) is 2.12. The van der Waals surface area contributed by atoms with E-state index >= 15 is 0 Å². The fraction of sp³-hybridized carbons (Fsp3) is 1.00. The molecule has 0 aromatic carbocycles. The zero-order valence-electron chi connectivity index (χ0n) is 5.80. The van der Waals surface area contributed by atoms with E-state index in [1.54, 1.807) is 0 Å². The summed E-state index contributed by atoms with van der Waals surface area (Å²) in [6.45, 7) is 1.62. The Hall–Kier alpha value is -0.120. The Morgan fingerprint density at radius 3 is 2.44 bits per heavy atom. The molecule has 0 atom stereocenters. The molecule has 0 unspecified atom stereocenters. The molecule has 3 nitrogen and oxygen atoms in total. The highest BCUT2D eigenvalue weighted by atomic mass is 16.5. The van der Waals surface area contributed by atoms with E-state index in [1.165, 1.54) is 5.06 Å². The summed E-state index contributed by atoms with van der Waals surface area (Å²) in [7, 11) is 1.97. The molecule has 54 valence electrons. The quantitative estimate of drug-likeness (QED) is 0.527. The average molecular weight is 130 g/mol. The van der Waals surface area contributed by atoms with Gasteiger partial charge in [-0.05, 0) is 19.9 Å². The van der Waals surface area contributed by atoms with Crippen molar-refractivity contribution >= 4 is 0 Å². The van der Waals surface area contributed by atoms with Crippen LogP contribution in [-0.2, 0) is 0 Å². The lowest BCUT2D eigenvalue weighted by Crippen LogP contribution is -2.39. The number of hydrogen-bond acceptors (Lipinski definition) is 3. The van der Waals surface area contributed by atoms with Crippen LogP contribution >= 0.6 is 0 Å². The molecule has 1 rings (SSSR count). The lowest BCUT2D eigenvalue weighted by molar-refractivity contribution is -0.107. The molecule has 0 saturated carbocycles. The van der Waals surface area contributed by atoms with E-state index in [0.29, 0.717) is 6.04 Å². The van der Waals surface area contributed by atoms with Crippen molar-refractivity contribution in [2.75, 3.05) is 20.1 Å². The van der Waals surface area contributed by atoms with Gasteiger partial charge in [-0.15, -0.1) is 0 Å². The van der Waals surface area contributed by atoms with Gasteiger partial charge in [-0.1, -0.05) is 0 Å². The molecule has 0 aromatic heterocycles. The maximum Gasteiger partial charge on any atom is 0.0253 e. The highest BCUT2D eigenvalue weighted by Crippen LogP contribution is 2.06. The van der Waals surface area contributed by atoms with Gasteiger partial charge in [-0.2, -0.15) is 5.06 Å². The van der Waals surface area contributed by atoms with E-state index in [-0.39, 0.29) is 0 Å². The van der Waals surface area contributed by atoms with Crippen molar-refractivity contribution in [2.24, 2.45) is 0 Å². The normalized spacial score (nSPS) is 24.7. The van der Waals surface area contributed by atoms with Gasteiger partial charge in [0, 0.05) is 19.1 Å². The first-order chi connectivity index (χ1) is 4.33. The third-order valence-electron chi connectivity index (χ3n) is 1.88. The summed E-state index contributed by atoms with van der Waals surface area (Å²) in [5, 5.41) is 13.5. The summed E-state index contributed by atoms with van der Waals surface area (Å²) < 4.78 is 0. The Labute approximate surface area is 55.6 Å². The molecule has 0 bridgehead atoms. The zero-order valence-corrected chi connectivity index (χ0v) is 5.80. The molecule has 1 saturated heterocycles. The zero-order chi connectivity index (χ0) is 6.69. The molecular weight excluding hydrogens is 116 g/mol. The van der Waals surface area contributed by atoms with Crippen LogP contribution in [0.4, 0.5) is 0 Å². The maximum atomic E-state index is 8.93. The molecular formula is C6H14N2O. The van der Waals surface area contributed by atoms with Gasteiger partial charge in [-0.25, -0.2) is 0 Å². The van der Waals surface area contributed by atoms with Gasteiger partial charge in [0.1, 0.15) is 0 Å². The van der Waals surface area contributed by atoms with Crippen LogP contribution < -0.4 is 5.32 Å². The van der Waals surface area contributed by atoms with Crippen LogP contribution in [0.2, 0.25) is 0 Å². The van der Waals surface area contributed by atoms with Crippen LogP contribution in [0.15, 0.2) is 0 Å². The number of hydrogen-bond donors (Lipinski definition) is 2. The van der Waals surface area contributed by atoms with E-state index in [2.05, 4.69) is 5.32 Å². The highest BCUT2D eigenvalue weighted by Gasteiger charge is 2.14. The van der Waals surface area contributed by atoms with Gasteiger partial charge in [0.05, 0.1) is 0 Å². The number of rotatable bonds is 1. The van der Waals surface area contributed by atoms with E-state index in [9.17, 15) is 0 Å². The van der Waals surface area contributed by atoms with Crippen LogP contribution in [0.25, 0.3) is 0 Å². The minimum absolute atomic E-state index is 0.619. The van der Waals surface area contributed by atoms with E-state index < -0.39 is 0 Å². The lowest BCUT2D eigenvalue weighted by atomic mass is 10.1. The Balaban J connectivity index is 2.18. The fourth-order valence-corrected chi connectivity index (χ4v) is 1.15. The van der Waals surface area contributed by atoms with Gasteiger partial charge < -0.3 is 10.5 Å². The number of hydroxylamine groups is 2. The van der Waals surface area contributed by atoms with Crippen molar-refractivity contribution in [3.63, 3.8) is 0 Å². The standard InChI is InChI=1S/C6H14N2O/c1-7-6-2-4-8(9)5-3-6/h6-7,9H,2-5H2,1H3. The van der Waals surface area contributed by atoms with Crippen LogP contribution in [0, 0.1) is 0 Å². The first kappa shape index (κ1) is 6.99. The molecule has 0 radical (unpaired) electrons. The van der Waals surface area contributed by atoms with Gasteiger partial charge in [-0.3, -0.25) is 0 Å². The van der Waals surface area contributed by atoms with Crippen molar-refractivity contribution in [1.29, 1.82) is 0 Å². The molecule has 9 heavy (non-hydrogen) atoms. The van der Waals surface area contributed by atoms with E-state index in [1.807, 2.05) is 7.05 Å². The van der Waals surface area contributed by atoms with Crippen molar-refractivity contribution < 1.29 is 5.21 Å². The molecule has 1 heterocycles. The summed E-state index contributed by atoms with van der Waals surface area (Å²) in [5.74, 6) is 0. The van der Waals surface area contributed by atoms with Crippen LogP contribution in [0.3, 0.4) is 0 Å². The predicted octanol–water partition coefficient (Wildman–Crippen LogP) is 0.0594. The molecule has 1 fully saturated rings. The SMILES string of the molecule is CNC1CCN(O)CC1. The third kappa shape index (κ3) is 1.93. The van der Waals surface area contributed by atoms with Crippen molar-refractivity contribution in [1.82, 2.24) is 10.4 Å². The van der Waals surface area contributed by atoms with Crippen LogP contribution in [-0.4, -0.2) is 36.4 Å². The summed E-state index contributed by atoms with van der Waals surface area (Å²) in [5.41, 5.74) is 0. The molecule has 1 aliphatic rings. The summed E-state index contributed by atoms with van der Waals surface area (Å²) >= 11 is 0. The number of piperidine rings is 1. The molecule has 0 amide bonds. The fourth-order valence-electron chi connectivity index (χ4n) is 1.15. The van der Waals surface area contributed by atoms with Gasteiger partial charge in [0.25, 0.3) is 0 Å². The van der Waals surface area contributed by atoms with E-state index in [0.717, 1.165) is 25.9 Å².